The standard InChI is InChI=1S/C27H28ClN3O3S/c1-33-21-9-8-20(17-31-12-2-3-13-31)23(14-21)18-4-6-19(7-5-18)24-15-22(34-30-24)16-29-27(32)25-10-11-26(28)35-25/h4-11,14-15,22,30H,2-3,12-13,16-17H2,1H3,(H,29,32). The Bertz CT molecular complexity index is 1220. The maximum Gasteiger partial charge on any atom is 0.261 e. The second-order valence-corrected chi connectivity index (χ2v) is 10.5. The number of amides is 1. The van der Waals surface area contributed by atoms with Crippen molar-refractivity contribution in [3.8, 4) is 16.9 Å². The van der Waals surface area contributed by atoms with Crippen molar-refractivity contribution in [2.45, 2.75) is 25.5 Å². The van der Waals surface area contributed by atoms with E-state index in [4.69, 9.17) is 21.2 Å². The minimum absolute atomic E-state index is 0.153. The summed E-state index contributed by atoms with van der Waals surface area (Å²) in [5.41, 5.74) is 8.56. The van der Waals surface area contributed by atoms with Gasteiger partial charge in [-0.15, -0.1) is 11.3 Å². The van der Waals surface area contributed by atoms with Crippen LogP contribution in [0.5, 0.6) is 5.75 Å². The highest BCUT2D eigenvalue weighted by Crippen LogP contribution is 2.31. The second-order valence-electron chi connectivity index (χ2n) is 8.74. The van der Waals surface area contributed by atoms with Crippen molar-refractivity contribution in [1.82, 2.24) is 15.7 Å². The van der Waals surface area contributed by atoms with E-state index in [1.807, 2.05) is 12.1 Å². The molecular formula is C27H28ClN3O3S. The zero-order chi connectivity index (χ0) is 24.2. The molecule has 0 saturated carbocycles. The predicted molar refractivity (Wildman–Crippen MR) is 141 cm³/mol. The Labute approximate surface area is 214 Å². The van der Waals surface area contributed by atoms with Gasteiger partial charge in [0.25, 0.3) is 5.91 Å². The van der Waals surface area contributed by atoms with Crippen molar-refractivity contribution in [3.63, 3.8) is 0 Å². The number of carbonyl (C=O) groups excluding carboxylic acids is 1. The van der Waals surface area contributed by atoms with Crippen molar-refractivity contribution in [3.05, 3.63) is 81.0 Å². The fraction of sp³-hybridized carbons (Fsp3) is 0.296. The number of ether oxygens (including phenoxy) is 1. The van der Waals surface area contributed by atoms with Crippen LogP contribution in [0.1, 0.15) is 33.6 Å². The van der Waals surface area contributed by atoms with Crippen LogP contribution in [0, 0.1) is 0 Å². The maximum absolute atomic E-state index is 12.3. The van der Waals surface area contributed by atoms with Crippen molar-refractivity contribution < 1.29 is 14.4 Å². The van der Waals surface area contributed by atoms with E-state index in [2.05, 4.69) is 52.1 Å². The van der Waals surface area contributed by atoms with E-state index in [0.717, 1.165) is 42.2 Å². The van der Waals surface area contributed by atoms with Crippen LogP contribution >= 0.6 is 22.9 Å². The average Bonchev–Trinajstić information content (AvgIpc) is 3.66. The van der Waals surface area contributed by atoms with Gasteiger partial charge in [-0.2, -0.15) is 0 Å². The highest BCUT2D eigenvalue weighted by Gasteiger charge is 2.20. The number of nitrogens with zero attached hydrogens (tertiary/aromatic N) is 1. The molecule has 3 aromatic rings. The summed E-state index contributed by atoms with van der Waals surface area (Å²) in [4.78, 5) is 21.0. The summed E-state index contributed by atoms with van der Waals surface area (Å²) in [5.74, 6) is 0.706. The molecule has 2 aliphatic rings. The molecule has 0 bridgehead atoms. The summed E-state index contributed by atoms with van der Waals surface area (Å²) >= 11 is 7.17. The number of halogens is 1. The molecule has 1 fully saturated rings. The van der Waals surface area contributed by atoms with Crippen molar-refractivity contribution in [1.29, 1.82) is 0 Å². The van der Waals surface area contributed by atoms with Gasteiger partial charge in [-0.05, 0) is 78.5 Å². The number of thiophene rings is 1. The number of hydrogen-bond acceptors (Lipinski definition) is 6. The number of rotatable bonds is 8. The highest BCUT2D eigenvalue weighted by molar-refractivity contribution is 7.18. The summed E-state index contributed by atoms with van der Waals surface area (Å²) < 4.78 is 6.10. The number of nitrogens with one attached hydrogen (secondary N) is 2. The predicted octanol–water partition coefficient (Wildman–Crippen LogP) is 5.35. The van der Waals surface area contributed by atoms with Gasteiger partial charge in [0.2, 0.25) is 0 Å². The van der Waals surface area contributed by atoms with Gasteiger partial charge < -0.3 is 10.1 Å². The molecule has 2 aromatic carbocycles. The van der Waals surface area contributed by atoms with Gasteiger partial charge >= 0.3 is 0 Å². The Morgan fingerprint density at radius 2 is 1.91 bits per heavy atom. The molecule has 1 saturated heterocycles. The number of methoxy groups -OCH3 is 1. The molecule has 8 heteroatoms. The van der Waals surface area contributed by atoms with E-state index >= 15 is 0 Å². The van der Waals surface area contributed by atoms with Gasteiger partial charge in [-0.1, -0.05) is 41.9 Å². The first-order valence-electron chi connectivity index (χ1n) is 11.8. The van der Waals surface area contributed by atoms with Crippen molar-refractivity contribution >= 4 is 34.5 Å². The lowest BCUT2D eigenvalue weighted by Crippen LogP contribution is -2.31. The second kappa shape index (κ2) is 10.8. The minimum atomic E-state index is -0.255. The lowest BCUT2D eigenvalue weighted by Gasteiger charge is -2.18. The largest absolute Gasteiger partial charge is 0.497 e. The molecule has 1 unspecified atom stereocenters. The molecule has 1 atom stereocenters. The molecule has 6 nitrogen and oxygen atoms in total. The molecule has 3 heterocycles. The Morgan fingerprint density at radius 3 is 2.63 bits per heavy atom. The van der Waals surface area contributed by atoms with Crippen molar-refractivity contribution in [2.75, 3.05) is 26.7 Å². The highest BCUT2D eigenvalue weighted by atomic mass is 35.5. The molecule has 182 valence electrons. The van der Waals surface area contributed by atoms with Gasteiger partial charge in [0.05, 0.1) is 28.6 Å². The van der Waals surface area contributed by atoms with Crippen LogP contribution < -0.4 is 15.5 Å². The molecule has 0 aliphatic carbocycles. The third-order valence-electron chi connectivity index (χ3n) is 6.35. The maximum atomic E-state index is 12.3. The molecule has 0 radical (unpaired) electrons. The van der Waals surface area contributed by atoms with Crippen LogP contribution in [-0.4, -0.2) is 43.7 Å². The Kier molecular flexibility index (Phi) is 7.39. The van der Waals surface area contributed by atoms with Gasteiger partial charge in [0, 0.05) is 6.54 Å². The minimum Gasteiger partial charge on any atom is -0.497 e. The first-order valence-corrected chi connectivity index (χ1v) is 13.0. The van der Waals surface area contributed by atoms with Gasteiger partial charge in [0.15, 0.2) is 0 Å². The zero-order valence-corrected chi connectivity index (χ0v) is 21.1. The van der Waals surface area contributed by atoms with E-state index in [1.54, 1.807) is 19.2 Å². The van der Waals surface area contributed by atoms with E-state index in [-0.39, 0.29) is 12.0 Å². The molecular weight excluding hydrogens is 482 g/mol. The SMILES string of the molecule is COc1ccc(CN2CCCC2)c(-c2ccc(C3=CC(CNC(=O)c4ccc(Cl)s4)ON3)cc2)c1. The van der Waals surface area contributed by atoms with E-state index < -0.39 is 0 Å². The Morgan fingerprint density at radius 1 is 1.14 bits per heavy atom. The number of hydrogen-bond donors (Lipinski definition) is 2. The normalized spacial score (nSPS) is 17.8. The number of hydroxylamine groups is 1. The quantitative estimate of drug-likeness (QED) is 0.429. The molecule has 5 rings (SSSR count). The topological polar surface area (TPSA) is 62.8 Å². The van der Waals surface area contributed by atoms with Crippen LogP contribution in [0.2, 0.25) is 4.34 Å². The summed E-state index contributed by atoms with van der Waals surface area (Å²) in [6.45, 7) is 3.64. The first-order chi connectivity index (χ1) is 17.1. The molecule has 35 heavy (non-hydrogen) atoms. The fourth-order valence-corrected chi connectivity index (χ4v) is 5.43. The molecule has 1 aromatic heterocycles. The fourth-order valence-electron chi connectivity index (χ4n) is 4.47. The van der Waals surface area contributed by atoms with Crippen LogP contribution in [0.3, 0.4) is 0 Å². The smallest absolute Gasteiger partial charge is 0.261 e. The van der Waals surface area contributed by atoms with E-state index in [0.29, 0.717) is 15.8 Å². The lowest BCUT2D eigenvalue weighted by molar-refractivity contribution is 0.0499. The van der Waals surface area contributed by atoms with E-state index in [9.17, 15) is 4.79 Å². The number of carbonyl (C=O) groups is 1. The van der Waals surface area contributed by atoms with Crippen LogP contribution in [0.15, 0.2) is 60.7 Å². The molecule has 0 spiro atoms. The molecule has 1 amide bonds. The van der Waals surface area contributed by atoms with E-state index in [1.165, 1.54) is 35.3 Å². The van der Waals surface area contributed by atoms with Gasteiger partial charge in [0.1, 0.15) is 11.9 Å². The molecule has 2 aliphatic heterocycles. The number of likely N-dealkylation sites (tertiary alicyclic amines) is 1. The van der Waals surface area contributed by atoms with Crippen LogP contribution in [0.4, 0.5) is 0 Å². The number of benzene rings is 2. The summed E-state index contributed by atoms with van der Waals surface area (Å²) in [7, 11) is 1.70. The third kappa shape index (κ3) is 5.70. The lowest BCUT2D eigenvalue weighted by atomic mass is 9.97. The van der Waals surface area contributed by atoms with Gasteiger partial charge in [-0.3, -0.25) is 20.0 Å². The zero-order valence-electron chi connectivity index (χ0n) is 19.6. The van der Waals surface area contributed by atoms with Crippen LogP contribution in [-0.2, 0) is 11.4 Å². The average molecular weight is 510 g/mol. The first kappa shape index (κ1) is 23.9. The van der Waals surface area contributed by atoms with Crippen LogP contribution in [0.25, 0.3) is 16.8 Å². The summed E-state index contributed by atoms with van der Waals surface area (Å²) in [6, 6.07) is 18.2. The summed E-state index contributed by atoms with van der Waals surface area (Å²) in [5, 5.41) is 2.89. The monoisotopic (exact) mass is 509 g/mol. The Balaban J connectivity index is 1.27. The summed E-state index contributed by atoms with van der Waals surface area (Å²) in [6.07, 6.45) is 4.28. The third-order valence-corrected chi connectivity index (χ3v) is 7.58. The van der Waals surface area contributed by atoms with Gasteiger partial charge in [-0.25, -0.2) is 0 Å². The van der Waals surface area contributed by atoms with Crippen molar-refractivity contribution in [2.24, 2.45) is 0 Å². The molecule has 2 N–H and O–H groups in total. The Hall–Kier alpha value is -2.84.